The summed E-state index contributed by atoms with van der Waals surface area (Å²) in [4.78, 5) is 8.81. The van der Waals surface area contributed by atoms with Crippen LogP contribution < -0.4 is 5.32 Å². The Morgan fingerprint density at radius 3 is 2.85 bits per heavy atom. The van der Waals surface area contributed by atoms with E-state index in [1.165, 1.54) is 0 Å². The van der Waals surface area contributed by atoms with Gasteiger partial charge in [0.15, 0.2) is 0 Å². The molecule has 2 aromatic rings. The largest absolute Gasteiger partial charge is 0.338 e. The van der Waals surface area contributed by atoms with Crippen molar-refractivity contribution in [1.82, 2.24) is 20.4 Å². The molecule has 0 unspecified atom stereocenters. The molecule has 1 N–H and O–H groups in total. The highest BCUT2D eigenvalue weighted by molar-refractivity contribution is 5.57. The van der Waals surface area contributed by atoms with Crippen molar-refractivity contribution >= 4 is 0 Å². The van der Waals surface area contributed by atoms with Gasteiger partial charge in [0.05, 0.1) is 5.41 Å². The van der Waals surface area contributed by atoms with Gasteiger partial charge in [0.25, 0.3) is 0 Å². The van der Waals surface area contributed by atoms with Crippen LogP contribution in [0.3, 0.4) is 0 Å². The third kappa shape index (κ3) is 2.22. The molecule has 0 aliphatic carbocycles. The molecule has 5 heteroatoms. The van der Waals surface area contributed by atoms with Crippen LogP contribution in [-0.2, 0) is 5.41 Å². The average molecular weight is 272 g/mol. The lowest BCUT2D eigenvalue weighted by atomic mass is 9.76. The summed E-state index contributed by atoms with van der Waals surface area (Å²) in [5.74, 6) is 1.43. The minimum atomic E-state index is 0.0343. The van der Waals surface area contributed by atoms with Crippen LogP contribution in [0.25, 0.3) is 11.4 Å². The second kappa shape index (κ2) is 5.32. The average Bonchev–Trinajstić information content (AvgIpc) is 2.98. The molecule has 0 saturated carbocycles. The lowest BCUT2D eigenvalue weighted by Crippen LogP contribution is -2.39. The van der Waals surface area contributed by atoms with Crippen LogP contribution in [0.15, 0.2) is 23.0 Å². The van der Waals surface area contributed by atoms with Gasteiger partial charge in [0, 0.05) is 18.0 Å². The monoisotopic (exact) mass is 272 g/mol. The van der Waals surface area contributed by atoms with E-state index in [1.807, 2.05) is 13.0 Å². The number of pyridine rings is 1. The van der Waals surface area contributed by atoms with E-state index in [1.54, 1.807) is 12.4 Å². The van der Waals surface area contributed by atoms with Gasteiger partial charge in [-0.25, -0.2) is 0 Å². The summed E-state index contributed by atoms with van der Waals surface area (Å²) in [6.45, 7) is 6.26. The Morgan fingerprint density at radius 2 is 2.15 bits per heavy atom. The van der Waals surface area contributed by atoms with Crippen LogP contribution in [0.5, 0.6) is 0 Å². The lowest BCUT2D eigenvalue weighted by Gasteiger charge is -2.33. The highest BCUT2D eigenvalue weighted by Gasteiger charge is 2.37. The Hall–Kier alpha value is -1.75. The topological polar surface area (TPSA) is 63.8 Å². The van der Waals surface area contributed by atoms with Crippen molar-refractivity contribution in [3.8, 4) is 11.4 Å². The predicted octanol–water partition coefficient (Wildman–Crippen LogP) is 2.47. The van der Waals surface area contributed by atoms with E-state index in [4.69, 9.17) is 4.52 Å². The van der Waals surface area contributed by atoms with E-state index in [2.05, 4.69) is 27.4 Å². The molecule has 1 aliphatic rings. The number of piperidine rings is 1. The van der Waals surface area contributed by atoms with Crippen molar-refractivity contribution in [3.63, 3.8) is 0 Å². The van der Waals surface area contributed by atoms with Crippen molar-refractivity contribution in [3.05, 3.63) is 29.9 Å². The van der Waals surface area contributed by atoms with Gasteiger partial charge in [-0.05, 0) is 50.9 Å². The van der Waals surface area contributed by atoms with Crippen molar-refractivity contribution in [1.29, 1.82) is 0 Å². The number of aromatic nitrogens is 3. The molecule has 106 valence electrons. The van der Waals surface area contributed by atoms with Crippen LogP contribution in [0.1, 0.15) is 37.6 Å². The predicted molar refractivity (Wildman–Crippen MR) is 76.3 cm³/mol. The van der Waals surface area contributed by atoms with Crippen molar-refractivity contribution in [2.24, 2.45) is 0 Å². The minimum Gasteiger partial charge on any atom is -0.338 e. The number of nitrogens with one attached hydrogen (secondary N) is 1. The Balaban J connectivity index is 1.95. The van der Waals surface area contributed by atoms with Crippen LogP contribution in [0.2, 0.25) is 0 Å². The molecule has 3 rings (SSSR count). The molecule has 1 fully saturated rings. The molecule has 1 aliphatic heterocycles. The molecule has 0 spiro atoms. The number of hydrogen-bond acceptors (Lipinski definition) is 5. The van der Waals surface area contributed by atoms with Gasteiger partial charge in [-0.2, -0.15) is 4.98 Å². The summed E-state index contributed by atoms with van der Waals surface area (Å²) in [7, 11) is 0. The number of aryl methyl sites for hydroxylation is 1. The molecule has 20 heavy (non-hydrogen) atoms. The Morgan fingerprint density at radius 1 is 1.35 bits per heavy atom. The van der Waals surface area contributed by atoms with E-state index in [0.29, 0.717) is 5.82 Å². The summed E-state index contributed by atoms with van der Waals surface area (Å²) < 4.78 is 5.59. The first-order valence-corrected chi connectivity index (χ1v) is 7.21. The zero-order valence-corrected chi connectivity index (χ0v) is 12.0. The molecule has 0 amide bonds. The van der Waals surface area contributed by atoms with E-state index in [9.17, 15) is 0 Å². The summed E-state index contributed by atoms with van der Waals surface area (Å²) in [5, 5.41) is 7.56. The first-order valence-electron chi connectivity index (χ1n) is 7.21. The zero-order valence-electron chi connectivity index (χ0n) is 12.0. The van der Waals surface area contributed by atoms with Gasteiger partial charge in [0.1, 0.15) is 0 Å². The van der Waals surface area contributed by atoms with Gasteiger partial charge in [-0.1, -0.05) is 12.1 Å². The summed E-state index contributed by atoms with van der Waals surface area (Å²) >= 11 is 0. The quantitative estimate of drug-likeness (QED) is 0.930. The number of hydrogen-bond donors (Lipinski definition) is 1. The summed E-state index contributed by atoms with van der Waals surface area (Å²) in [6.07, 6.45) is 6.71. The van der Waals surface area contributed by atoms with E-state index >= 15 is 0 Å². The Labute approximate surface area is 118 Å². The lowest BCUT2D eigenvalue weighted by molar-refractivity contribution is 0.216. The van der Waals surface area contributed by atoms with Gasteiger partial charge in [0.2, 0.25) is 11.7 Å². The normalized spacial score (nSPS) is 18.1. The highest BCUT2D eigenvalue weighted by atomic mass is 16.5. The number of nitrogens with zero attached hydrogens (tertiary/aromatic N) is 3. The summed E-state index contributed by atoms with van der Waals surface area (Å²) in [6, 6.07) is 1.96. The first-order chi connectivity index (χ1) is 9.75. The molecule has 0 bridgehead atoms. The maximum Gasteiger partial charge on any atom is 0.233 e. The molecule has 1 saturated heterocycles. The third-order valence-electron chi connectivity index (χ3n) is 4.40. The number of rotatable bonds is 3. The van der Waals surface area contributed by atoms with E-state index < -0.39 is 0 Å². The molecule has 2 aromatic heterocycles. The van der Waals surface area contributed by atoms with E-state index in [-0.39, 0.29) is 5.41 Å². The standard InChI is InChI=1S/C15H20N4O/c1-3-15(5-8-16-9-6-15)14-18-13(19-20-14)12-10-17-7-4-11(12)2/h4,7,10,16H,3,5-6,8-9H2,1-2H3. The van der Waals surface area contributed by atoms with Gasteiger partial charge >= 0.3 is 0 Å². The fourth-order valence-corrected chi connectivity index (χ4v) is 2.87. The SMILES string of the molecule is CCC1(c2nc(-c3cnccc3C)no2)CCNCC1. The van der Waals surface area contributed by atoms with Crippen molar-refractivity contribution in [2.45, 2.75) is 38.5 Å². The fourth-order valence-electron chi connectivity index (χ4n) is 2.87. The molecular weight excluding hydrogens is 252 g/mol. The highest BCUT2D eigenvalue weighted by Crippen LogP contribution is 2.36. The minimum absolute atomic E-state index is 0.0343. The van der Waals surface area contributed by atoms with Crippen molar-refractivity contribution < 1.29 is 4.52 Å². The van der Waals surface area contributed by atoms with Crippen LogP contribution in [0.4, 0.5) is 0 Å². The molecular formula is C15H20N4O. The second-order valence-corrected chi connectivity index (χ2v) is 5.50. The first kappa shape index (κ1) is 13.2. The molecule has 0 atom stereocenters. The Bertz CT molecular complexity index is 587. The smallest absolute Gasteiger partial charge is 0.233 e. The van der Waals surface area contributed by atoms with E-state index in [0.717, 1.165) is 49.4 Å². The van der Waals surface area contributed by atoms with Gasteiger partial charge in [-0.3, -0.25) is 4.98 Å². The van der Waals surface area contributed by atoms with Gasteiger partial charge < -0.3 is 9.84 Å². The van der Waals surface area contributed by atoms with Crippen LogP contribution in [0, 0.1) is 6.92 Å². The zero-order chi connectivity index (χ0) is 14.0. The summed E-state index contributed by atoms with van der Waals surface area (Å²) in [5.41, 5.74) is 2.10. The maximum atomic E-state index is 5.59. The van der Waals surface area contributed by atoms with Crippen LogP contribution in [-0.4, -0.2) is 28.2 Å². The fraction of sp³-hybridized carbons (Fsp3) is 0.533. The Kier molecular flexibility index (Phi) is 3.53. The third-order valence-corrected chi connectivity index (χ3v) is 4.40. The molecule has 3 heterocycles. The van der Waals surface area contributed by atoms with Crippen LogP contribution >= 0.6 is 0 Å². The molecule has 5 nitrogen and oxygen atoms in total. The van der Waals surface area contributed by atoms with Gasteiger partial charge in [-0.15, -0.1) is 0 Å². The molecule has 0 radical (unpaired) electrons. The molecule has 0 aromatic carbocycles. The second-order valence-electron chi connectivity index (χ2n) is 5.50. The van der Waals surface area contributed by atoms with Crippen molar-refractivity contribution in [2.75, 3.05) is 13.1 Å². The maximum absolute atomic E-state index is 5.59.